The highest BCUT2D eigenvalue weighted by Crippen LogP contribution is 2.49. The number of thiophene rings is 1. The van der Waals surface area contributed by atoms with Gasteiger partial charge in [0.15, 0.2) is 0 Å². The quantitative estimate of drug-likeness (QED) is 0.385. The van der Waals surface area contributed by atoms with Crippen LogP contribution in [0.2, 0.25) is 25.1 Å². The zero-order valence-corrected chi connectivity index (χ0v) is 13.0. The van der Waals surface area contributed by atoms with Gasteiger partial charge in [-0.1, -0.05) is 58.0 Å². The van der Waals surface area contributed by atoms with Crippen molar-refractivity contribution < 1.29 is 0 Å². The van der Waals surface area contributed by atoms with Crippen LogP contribution >= 0.6 is 69.3 Å². The van der Waals surface area contributed by atoms with Gasteiger partial charge in [-0.15, -0.1) is 11.3 Å². The minimum atomic E-state index is 0.181. The third-order valence-corrected chi connectivity index (χ3v) is 5.49. The van der Waals surface area contributed by atoms with Gasteiger partial charge in [0, 0.05) is 15.3 Å². The van der Waals surface area contributed by atoms with Crippen LogP contribution in [0.15, 0.2) is 12.1 Å². The maximum absolute atomic E-state index is 6.17. The first-order valence-electron chi connectivity index (χ1n) is 4.51. The highest BCUT2D eigenvalue weighted by Gasteiger charge is 2.21. The second kappa shape index (κ2) is 5.16. The second-order valence-electron chi connectivity index (χ2n) is 3.36. The van der Waals surface area contributed by atoms with Crippen LogP contribution < -0.4 is 0 Å². The molecule has 1 aromatic carbocycles. The van der Waals surface area contributed by atoms with E-state index in [9.17, 15) is 0 Å². The Morgan fingerprint density at radius 1 is 0.765 bits per heavy atom. The van der Waals surface area contributed by atoms with E-state index in [1.54, 1.807) is 11.3 Å². The molecule has 0 radical (unpaired) electrons. The highest BCUT2D eigenvalue weighted by molar-refractivity contribution is 7.15. The summed E-state index contributed by atoms with van der Waals surface area (Å²) >= 11 is 31.8. The largest absolute Gasteiger partial charge is 0.141 e. The van der Waals surface area contributed by atoms with Crippen LogP contribution in [0.25, 0.3) is 10.4 Å². The molecule has 2 rings (SSSR count). The Balaban J connectivity index is 2.78. The number of benzene rings is 1. The van der Waals surface area contributed by atoms with Crippen molar-refractivity contribution in [3.05, 3.63) is 42.1 Å². The standard InChI is InChI=1S/C11H5Cl5S/c1-4-2-3-5(17-4)6-7(12)9(14)11(16)10(15)8(6)13/h2-3H,1H3. The molecule has 17 heavy (non-hydrogen) atoms. The molecule has 6 heteroatoms. The minimum absolute atomic E-state index is 0.181. The molecule has 2 aromatic rings. The SMILES string of the molecule is Cc1ccc(-c2c(Cl)c(Cl)c(Cl)c(Cl)c2Cl)s1. The van der Waals surface area contributed by atoms with Crippen LogP contribution in [0.3, 0.4) is 0 Å². The molecule has 90 valence electrons. The first kappa shape index (κ1) is 13.8. The fraction of sp³-hybridized carbons (Fsp3) is 0.0909. The molecule has 0 unspecified atom stereocenters. The van der Waals surface area contributed by atoms with E-state index in [1.165, 1.54) is 0 Å². The molecule has 0 N–H and O–H groups in total. The van der Waals surface area contributed by atoms with Crippen LogP contribution in [0.4, 0.5) is 0 Å². The van der Waals surface area contributed by atoms with Gasteiger partial charge >= 0.3 is 0 Å². The van der Waals surface area contributed by atoms with Crippen molar-refractivity contribution in [2.45, 2.75) is 6.92 Å². The normalized spacial score (nSPS) is 10.9. The molecular formula is C11H5Cl5S. The number of hydrogen-bond donors (Lipinski definition) is 0. The van der Waals surface area contributed by atoms with Gasteiger partial charge in [-0.05, 0) is 19.1 Å². The summed E-state index contributed by atoms with van der Waals surface area (Å²) in [5.41, 5.74) is 0.630. The summed E-state index contributed by atoms with van der Waals surface area (Å²) in [6.07, 6.45) is 0. The number of halogens is 5. The van der Waals surface area contributed by atoms with E-state index >= 15 is 0 Å². The van der Waals surface area contributed by atoms with Crippen LogP contribution in [0.1, 0.15) is 4.88 Å². The molecule has 0 bridgehead atoms. The Labute approximate surface area is 128 Å². The average molecular weight is 346 g/mol. The third-order valence-electron chi connectivity index (χ3n) is 2.20. The highest BCUT2D eigenvalue weighted by atomic mass is 35.5. The molecule has 0 saturated heterocycles. The Kier molecular flexibility index (Phi) is 4.19. The van der Waals surface area contributed by atoms with E-state index < -0.39 is 0 Å². The molecule has 0 aliphatic carbocycles. The molecule has 0 nitrogen and oxygen atoms in total. The van der Waals surface area contributed by atoms with Crippen molar-refractivity contribution in [1.82, 2.24) is 0 Å². The van der Waals surface area contributed by atoms with Crippen molar-refractivity contribution in [3.8, 4) is 10.4 Å². The predicted molar refractivity (Wildman–Crippen MR) is 79.5 cm³/mol. The molecule has 0 aliphatic heterocycles. The van der Waals surface area contributed by atoms with Crippen molar-refractivity contribution >= 4 is 69.3 Å². The van der Waals surface area contributed by atoms with Crippen molar-refractivity contribution in [2.24, 2.45) is 0 Å². The minimum Gasteiger partial charge on any atom is -0.141 e. The van der Waals surface area contributed by atoms with E-state index in [0.717, 1.165) is 9.75 Å². The molecule has 1 heterocycles. The second-order valence-corrected chi connectivity index (χ2v) is 6.53. The molecule has 0 saturated carbocycles. The number of hydrogen-bond acceptors (Lipinski definition) is 1. The lowest BCUT2D eigenvalue weighted by Gasteiger charge is -2.10. The summed E-state index contributed by atoms with van der Waals surface area (Å²) in [6.45, 7) is 2.00. The summed E-state index contributed by atoms with van der Waals surface area (Å²) in [5.74, 6) is 0. The summed E-state index contributed by atoms with van der Waals surface area (Å²) in [4.78, 5) is 2.06. The summed E-state index contributed by atoms with van der Waals surface area (Å²) in [6, 6.07) is 3.90. The molecule has 0 atom stereocenters. The smallest absolute Gasteiger partial charge is 0.0809 e. The zero-order valence-electron chi connectivity index (χ0n) is 8.45. The topological polar surface area (TPSA) is 0 Å². The number of aryl methyl sites for hydroxylation is 1. The van der Waals surface area contributed by atoms with Gasteiger partial charge in [0.1, 0.15) is 0 Å². The van der Waals surface area contributed by atoms with E-state index in [1.807, 2.05) is 19.1 Å². The summed E-state index contributed by atoms with van der Waals surface area (Å²) < 4.78 is 0. The Morgan fingerprint density at radius 2 is 1.24 bits per heavy atom. The zero-order chi connectivity index (χ0) is 12.7. The van der Waals surface area contributed by atoms with Gasteiger partial charge in [-0.2, -0.15) is 0 Å². The fourth-order valence-electron chi connectivity index (χ4n) is 1.39. The Bertz CT molecular complexity index is 559. The molecular weight excluding hydrogens is 341 g/mol. The Morgan fingerprint density at radius 3 is 1.65 bits per heavy atom. The molecule has 0 fully saturated rings. The van der Waals surface area contributed by atoms with Gasteiger partial charge in [-0.25, -0.2) is 0 Å². The van der Waals surface area contributed by atoms with Crippen molar-refractivity contribution in [2.75, 3.05) is 0 Å². The van der Waals surface area contributed by atoms with Crippen LogP contribution in [-0.4, -0.2) is 0 Å². The maximum atomic E-state index is 6.17. The Hall–Kier alpha value is 0.370. The predicted octanol–water partition coefficient (Wildman–Crippen LogP) is 6.99. The monoisotopic (exact) mass is 344 g/mol. The lowest BCUT2D eigenvalue weighted by Crippen LogP contribution is -1.84. The maximum Gasteiger partial charge on any atom is 0.0809 e. The molecule has 0 aliphatic rings. The lowest BCUT2D eigenvalue weighted by molar-refractivity contribution is 1.64. The average Bonchev–Trinajstić information content (AvgIpc) is 2.71. The van der Waals surface area contributed by atoms with E-state index in [4.69, 9.17) is 58.0 Å². The summed E-state index contributed by atoms with van der Waals surface area (Å²) in [5, 5.41) is 1.29. The van der Waals surface area contributed by atoms with Crippen LogP contribution in [-0.2, 0) is 0 Å². The van der Waals surface area contributed by atoms with Gasteiger partial charge < -0.3 is 0 Å². The van der Waals surface area contributed by atoms with E-state index in [-0.39, 0.29) is 15.1 Å². The summed E-state index contributed by atoms with van der Waals surface area (Å²) in [7, 11) is 0. The van der Waals surface area contributed by atoms with Crippen molar-refractivity contribution in [3.63, 3.8) is 0 Å². The fourth-order valence-corrected chi connectivity index (χ4v) is 3.77. The molecule has 0 amide bonds. The van der Waals surface area contributed by atoms with Crippen LogP contribution in [0.5, 0.6) is 0 Å². The first-order chi connectivity index (χ1) is 7.93. The van der Waals surface area contributed by atoms with Gasteiger partial charge in [0.25, 0.3) is 0 Å². The van der Waals surface area contributed by atoms with Gasteiger partial charge in [0.2, 0.25) is 0 Å². The molecule has 1 aromatic heterocycles. The third kappa shape index (κ3) is 2.42. The van der Waals surface area contributed by atoms with Gasteiger partial charge in [0.05, 0.1) is 25.1 Å². The number of rotatable bonds is 1. The van der Waals surface area contributed by atoms with Crippen molar-refractivity contribution in [1.29, 1.82) is 0 Å². The van der Waals surface area contributed by atoms with Gasteiger partial charge in [-0.3, -0.25) is 0 Å². The molecule has 0 spiro atoms. The van der Waals surface area contributed by atoms with E-state index in [2.05, 4.69) is 0 Å². The first-order valence-corrected chi connectivity index (χ1v) is 7.22. The van der Waals surface area contributed by atoms with Crippen LogP contribution in [0, 0.1) is 6.92 Å². The lowest BCUT2D eigenvalue weighted by atomic mass is 10.2. The van der Waals surface area contributed by atoms with E-state index in [0.29, 0.717) is 15.6 Å².